The third kappa shape index (κ3) is 6.67. The number of carboxylic acids is 2. The Morgan fingerprint density at radius 3 is 2.16 bits per heavy atom. The van der Waals surface area contributed by atoms with Crippen molar-refractivity contribution in [2.75, 3.05) is 0 Å². The molecule has 0 aliphatic carbocycles. The van der Waals surface area contributed by atoms with Gasteiger partial charge in [-0.25, -0.2) is 0 Å². The van der Waals surface area contributed by atoms with Crippen LogP contribution in [0.15, 0.2) is 29.8 Å². The predicted octanol–water partition coefficient (Wildman–Crippen LogP) is 3.21. The zero-order chi connectivity index (χ0) is 32.5. The lowest BCUT2D eigenvalue weighted by Crippen LogP contribution is -2.28. The van der Waals surface area contributed by atoms with E-state index in [-0.39, 0.29) is 60.1 Å². The molecule has 10 nitrogen and oxygen atoms in total. The van der Waals surface area contributed by atoms with Crippen molar-refractivity contribution in [1.29, 1.82) is 0 Å². The first kappa shape index (κ1) is 32.8. The fraction of sp³-hybridized carbons (Fsp3) is 0.424. The minimum atomic E-state index is -0.916. The Morgan fingerprint density at radius 1 is 0.955 bits per heavy atom. The monoisotopic (exact) mass is 622 g/mol. The Hall–Kier alpha value is -4.12. The smallest absolute Gasteiger partial charge is 0.303 e. The number of H-pyrrole nitrogens is 2. The lowest BCUT2D eigenvalue weighted by molar-refractivity contribution is -0.138. The molecule has 4 heterocycles. The maximum absolute atomic E-state index is 12.5. The molecule has 0 spiro atoms. The molecule has 2 aromatic rings. The highest BCUT2D eigenvalue weighted by Gasteiger charge is 2.37. The van der Waals surface area contributed by atoms with Crippen LogP contribution in [0, 0.1) is 31.6 Å². The Balaban J connectivity index is 1.87. The number of carbonyl (C=O) groups excluding carboxylic acids is 1. The lowest BCUT2D eigenvalue weighted by Gasteiger charge is -2.17. The average Bonchev–Trinajstić information content (AvgIpc) is 3.59. The molecule has 5 atom stereocenters. The highest BCUT2D eigenvalue weighted by atomic mass is 32.1. The highest BCUT2D eigenvalue weighted by molar-refractivity contribution is 7.80. The molecule has 2 unspecified atom stereocenters. The van der Waals surface area contributed by atoms with Gasteiger partial charge in [0, 0.05) is 69.2 Å². The number of rotatable bonds is 11. The maximum Gasteiger partial charge on any atom is 0.303 e. The summed E-state index contributed by atoms with van der Waals surface area (Å²) < 4.78 is 0. The van der Waals surface area contributed by atoms with Gasteiger partial charge in [0.25, 0.3) is 0 Å². The summed E-state index contributed by atoms with van der Waals surface area (Å²) in [5, 5.41) is 36.8. The van der Waals surface area contributed by atoms with E-state index in [0.717, 1.165) is 44.6 Å². The van der Waals surface area contributed by atoms with Crippen molar-refractivity contribution in [3.63, 3.8) is 0 Å². The Morgan fingerprint density at radius 2 is 1.59 bits per heavy atom. The van der Waals surface area contributed by atoms with Crippen LogP contribution in [0.25, 0.3) is 18.2 Å². The van der Waals surface area contributed by atoms with Crippen molar-refractivity contribution in [3.05, 3.63) is 74.1 Å². The molecule has 2 aromatic heterocycles. The third-order valence-electron chi connectivity index (χ3n) is 8.94. The van der Waals surface area contributed by atoms with Crippen LogP contribution in [0.4, 0.5) is 0 Å². The van der Waals surface area contributed by atoms with Gasteiger partial charge < -0.3 is 35.9 Å². The van der Waals surface area contributed by atoms with E-state index in [1.165, 1.54) is 0 Å². The summed E-state index contributed by atoms with van der Waals surface area (Å²) in [6, 6.07) is -0.205. The van der Waals surface area contributed by atoms with Gasteiger partial charge in [-0.15, -0.1) is 0 Å². The molecule has 2 aliphatic rings. The largest absolute Gasteiger partial charge is 0.495 e. The van der Waals surface area contributed by atoms with Crippen molar-refractivity contribution >= 4 is 48.7 Å². The number of allylic oxidation sites excluding steroid dienone is 2. The molecular formula is C33H42N4O6S. The number of carbonyl (C=O) groups is 3. The SMILES string of the molecule is C=CC1=C(O)N[C@H](/C=c2\[nH]/c(=C\c3[nH]c(/C=C4\NC(=O)[C@H](C)[C@H]4C(C)S)c(C)c3CCC(=O)O)c(CCC(=O)O)c2C)C1C. The first-order valence-corrected chi connectivity index (χ1v) is 15.3. The van der Waals surface area contributed by atoms with Gasteiger partial charge in [-0.2, -0.15) is 12.6 Å². The van der Waals surface area contributed by atoms with E-state index >= 15 is 0 Å². The molecule has 0 aromatic carbocycles. The molecular weight excluding hydrogens is 580 g/mol. The standard InChI is InChI=1S/C33H42N4O6S/c1-7-20-15(2)25(36-33(20)43)12-23-16(3)21(8-10-29(38)39)26(34-23)14-27-22(9-11-30(40)41)17(4)24(35-27)13-28-31(19(6)44)18(5)32(42)37-28/h7,12-15,18-19,25,31,34-36,43-44H,1,8-11H2,2-6H3,(H,37,42)(H,38,39)(H,40,41)/b23-12-,26-14-,28-13-/t15?,18-,19?,25-,31+/m1/s1. The molecule has 44 heavy (non-hydrogen) atoms. The van der Waals surface area contributed by atoms with Crippen molar-refractivity contribution < 1.29 is 29.7 Å². The van der Waals surface area contributed by atoms with Crippen LogP contribution in [0.2, 0.25) is 0 Å². The predicted molar refractivity (Wildman–Crippen MR) is 173 cm³/mol. The van der Waals surface area contributed by atoms with Crippen LogP contribution in [0.3, 0.4) is 0 Å². The molecule has 0 bridgehead atoms. The van der Waals surface area contributed by atoms with E-state index in [0.29, 0.717) is 17.5 Å². The van der Waals surface area contributed by atoms with E-state index in [1.54, 1.807) is 6.08 Å². The van der Waals surface area contributed by atoms with E-state index in [2.05, 4.69) is 39.8 Å². The average molecular weight is 623 g/mol. The van der Waals surface area contributed by atoms with Crippen LogP contribution in [-0.2, 0) is 27.2 Å². The third-order valence-corrected chi connectivity index (χ3v) is 9.26. The van der Waals surface area contributed by atoms with Crippen molar-refractivity contribution in [2.45, 2.75) is 71.6 Å². The summed E-state index contributed by atoms with van der Waals surface area (Å²) in [6.07, 6.45) is 7.87. The van der Waals surface area contributed by atoms with E-state index in [4.69, 9.17) is 0 Å². The number of aliphatic hydroxyl groups is 1. The van der Waals surface area contributed by atoms with Gasteiger partial charge >= 0.3 is 11.9 Å². The summed E-state index contributed by atoms with van der Waals surface area (Å²) in [4.78, 5) is 42.5. The lowest BCUT2D eigenvalue weighted by atomic mass is 9.91. The van der Waals surface area contributed by atoms with Crippen LogP contribution in [-0.4, -0.2) is 54.4 Å². The van der Waals surface area contributed by atoms with Gasteiger partial charge in [0.1, 0.15) is 0 Å². The van der Waals surface area contributed by atoms with Gasteiger partial charge in [0.05, 0.1) is 6.04 Å². The Bertz CT molecular complexity index is 1680. The number of carboxylic acid groups (broad SMARTS) is 2. The molecule has 1 amide bonds. The number of hydrogen-bond donors (Lipinski definition) is 8. The van der Waals surface area contributed by atoms with Crippen molar-refractivity contribution in [3.8, 4) is 0 Å². The number of amides is 1. The van der Waals surface area contributed by atoms with Gasteiger partial charge in [-0.05, 0) is 67.2 Å². The molecule has 0 radical (unpaired) electrons. The summed E-state index contributed by atoms with van der Waals surface area (Å²) in [6.45, 7) is 13.5. The molecule has 236 valence electrons. The summed E-state index contributed by atoms with van der Waals surface area (Å²) in [7, 11) is 0. The zero-order valence-corrected chi connectivity index (χ0v) is 26.6. The quantitative estimate of drug-likeness (QED) is 0.178. The minimum absolute atomic E-state index is 0.0306. The summed E-state index contributed by atoms with van der Waals surface area (Å²) in [5.74, 6) is -2.16. The Labute approximate surface area is 262 Å². The normalized spacial score (nSPS) is 24.2. The van der Waals surface area contributed by atoms with Gasteiger partial charge in [-0.3, -0.25) is 14.4 Å². The minimum Gasteiger partial charge on any atom is -0.495 e. The second kappa shape index (κ2) is 13.3. The topological polar surface area (TPSA) is 168 Å². The fourth-order valence-electron chi connectivity index (χ4n) is 6.33. The highest BCUT2D eigenvalue weighted by Crippen LogP contribution is 2.34. The summed E-state index contributed by atoms with van der Waals surface area (Å²) in [5.41, 5.74) is 6.36. The van der Waals surface area contributed by atoms with E-state index in [1.807, 2.05) is 52.8 Å². The molecule has 4 rings (SSSR count). The van der Waals surface area contributed by atoms with Crippen LogP contribution in [0.1, 0.15) is 67.3 Å². The van der Waals surface area contributed by atoms with Gasteiger partial charge in [0.15, 0.2) is 5.88 Å². The molecule has 11 heteroatoms. The molecule has 0 saturated carbocycles. The van der Waals surface area contributed by atoms with Gasteiger partial charge in [0.2, 0.25) is 5.91 Å². The number of aliphatic carboxylic acids is 2. The first-order chi connectivity index (χ1) is 20.7. The second-order valence-electron chi connectivity index (χ2n) is 11.8. The van der Waals surface area contributed by atoms with E-state index in [9.17, 15) is 29.7 Å². The van der Waals surface area contributed by atoms with Crippen LogP contribution >= 0.6 is 12.6 Å². The zero-order valence-electron chi connectivity index (χ0n) is 25.7. The van der Waals surface area contributed by atoms with Crippen molar-refractivity contribution in [1.82, 2.24) is 20.6 Å². The molecule has 7 N–H and O–H groups in total. The second-order valence-corrected chi connectivity index (χ2v) is 12.6. The molecule has 2 aliphatic heterocycles. The number of aromatic amines is 2. The first-order valence-electron chi connectivity index (χ1n) is 14.8. The van der Waals surface area contributed by atoms with Gasteiger partial charge in [-0.1, -0.05) is 33.4 Å². The number of thiol groups is 1. The maximum atomic E-state index is 12.5. The number of hydrogen-bond acceptors (Lipinski definition) is 6. The summed E-state index contributed by atoms with van der Waals surface area (Å²) >= 11 is 4.62. The Kier molecular flexibility index (Phi) is 9.88. The number of aliphatic hydroxyl groups excluding tert-OH is 1. The van der Waals surface area contributed by atoms with Crippen molar-refractivity contribution in [2.24, 2.45) is 17.8 Å². The fourth-order valence-corrected chi connectivity index (χ4v) is 6.75. The number of nitrogens with one attached hydrogen (secondary N) is 4. The van der Waals surface area contributed by atoms with Crippen LogP contribution < -0.4 is 21.3 Å². The van der Waals surface area contributed by atoms with Crippen LogP contribution in [0.5, 0.6) is 0 Å². The van der Waals surface area contributed by atoms with E-state index < -0.39 is 11.9 Å². The molecule has 1 fully saturated rings. The number of aromatic nitrogens is 2. The molecule has 1 saturated heterocycles.